The van der Waals surface area contributed by atoms with Crippen molar-refractivity contribution in [2.24, 2.45) is 0 Å². The van der Waals surface area contributed by atoms with E-state index in [1.807, 2.05) is 38.1 Å². The first-order valence-corrected chi connectivity index (χ1v) is 5.37. The standard InChI is InChI=1S/C12H18N2O2/c1-9-4-3-5-11(8-9)14-12(16)13-10(2)6-7-15/h3-5,8,10,15H,6-7H2,1-2H3,(H2,13,14,16)/t10-/m1/s1. The topological polar surface area (TPSA) is 61.4 Å². The van der Waals surface area contributed by atoms with E-state index in [-0.39, 0.29) is 18.7 Å². The summed E-state index contributed by atoms with van der Waals surface area (Å²) < 4.78 is 0. The Labute approximate surface area is 95.7 Å². The molecule has 0 unspecified atom stereocenters. The summed E-state index contributed by atoms with van der Waals surface area (Å²) >= 11 is 0. The quantitative estimate of drug-likeness (QED) is 0.728. The lowest BCUT2D eigenvalue weighted by Crippen LogP contribution is -2.36. The van der Waals surface area contributed by atoms with Gasteiger partial charge >= 0.3 is 6.03 Å². The molecular weight excluding hydrogens is 204 g/mol. The molecule has 4 heteroatoms. The summed E-state index contributed by atoms with van der Waals surface area (Å²) in [5, 5.41) is 14.2. The highest BCUT2D eigenvalue weighted by Crippen LogP contribution is 2.09. The van der Waals surface area contributed by atoms with Crippen LogP contribution in [-0.2, 0) is 0 Å². The zero-order valence-corrected chi connectivity index (χ0v) is 9.66. The van der Waals surface area contributed by atoms with Gasteiger partial charge in [-0.3, -0.25) is 0 Å². The van der Waals surface area contributed by atoms with Crippen LogP contribution in [0.25, 0.3) is 0 Å². The van der Waals surface area contributed by atoms with Crippen LogP contribution in [0.1, 0.15) is 18.9 Å². The van der Waals surface area contributed by atoms with E-state index in [9.17, 15) is 4.79 Å². The van der Waals surface area contributed by atoms with Crippen LogP contribution in [0.4, 0.5) is 10.5 Å². The molecule has 2 amide bonds. The summed E-state index contributed by atoms with van der Waals surface area (Å²) in [5.74, 6) is 0. The molecular formula is C12H18N2O2. The summed E-state index contributed by atoms with van der Waals surface area (Å²) in [6.07, 6.45) is 0.557. The molecule has 0 spiro atoms. The molecule has 16 heavy (non-hydrogen) atoms. The van der Waals surface area contributed by atoms with E-state index in [4.69, 9.17) is 5.11 Å². The first-order valence-electron chi connectivity index (χ1n) is 5.37. The molecule has 1 rings (SSSR count). The van der Waals surface area contributed by atoms with Gasteiger partial charge in [0.25, 0.3) is 0 Å². The van der Waals surface area contributed by atoms with Crippen LogP contribution in [0.15, 0.2) is 24.3 Å². The SMILES string of the molecule is Cc1cccc(NC(=O)N[C@H](C)CCO)c1. The summed E-state index contributed by atoms with van der Waals surface area (Å²) in [6.45, 7) is 3.90. The number of carbonyl (C=O) groups is 1. The highest BCUT2D eigenvalue weighted by Gasteiger charge is 2.06. The van der Waals surface area contributed by atoms with Gasteiger partial charge in [-0.05, 0) is 38.0 Å². The van der Waals surface area contributed by atoms with Gasteiger partial charge in [-0.1, -0.05) is 12.1 Å². The molecule has 3 N–H and O–H groups in total. The Balaban J connectivity index is 2.45. The van der Waals surface area contributed by atoms with E-state index in [1.165, 1.54) is 0 Å². The Hall–Kier alpha value is -1.55. The van der Waals surface area contributed by atoms with Crippen LogP contribution in [-0.4, -0.2) is 23.8 Å². The maximum atomic E-state index is 11.5. The normalized spacial score (nSPS) is 11.9. The number of rotatable bonds is 4. The Morgan fingerprint density at radius 2 is 2.25 bits per heavy atom. The molecule has 0 fully saturated rings. The van der Waals surface area contributed by atoms with Gasteiger partial charge in [0.15, 0.2) is 0 Å². The number of aliphatic hydroxyl groups excluding tert-OH is 1. The van der Waals surface area contributed by atoms with E-state index < -0.39 is 0 Å². The molecule has 88 valence electrons. The molecule has 0 aliphatic heterocycles. The third-order valence-corrected chi connectivity index (χ3v) is 2.22. The molecule has 0 aliphatic carbocycles. The number of anilines is 1. The molecule has 0 radical (unpaired) electrons. The fourth-order valence-electron chi connectivity index (χ4n) is 1.38. The van der Waals surface area contributed by atoms with Crippen LogP contribution < -0.4 is 10.6 Å². The predicted octanol–water partition coefficient (Wildman–Crippen LogP) is 1.89. The first kappa shape index (κ1) is 12.5. The summed E-state index contributed by atoms with van der Waals surface area (Å²) in [6, 6.07) is 7.32. The number of amides is 2. The highest BCUT2D eigenvalue weighted by atomic mass is 16.3. The van der Waals surface area contributed by atoms with Crippen molar-refractivity contribution in [1.29, 1.82) is 0 Å². The van der Waals surface area contributed by atoms with Gasteiger partial charge in [-0.25, -0.2) is 4.79 Å². The van der Waals surface area contributed by atoms with Gasteiger partial charge in [0.05, 0.1) is 0 Å². The minimum atomic E-state index is -0.244. The van der Waals surface area contributed by atoms with E-state index >= 15 is 0 Å². The average molecular weight is 222 g/mol. The van der Waals surface area contributed by atoms with Crippen LogP contribution in [0.3, 0.4) is 0 Å². The number of urea groups is 1. The minimum Gasteiger partial charge on any atom is -0.396 e. The van der Waals surface area contributed by atoms with E-state index in [1.54, 1.807) is 0 Å². The highest BCUT2D eigenvalue weighted by molar-refractivity contribution is 5.89. The van der Waals surface area contributed by atoms with Crippen LogP contribution in [0, 0.1) is 6.92 Å². The lowest BCUT2D eigenvalue weighted by Gasteiger charge is -2.13. The molecule has 0 bridgehead atoms. The fraction of sp³-hybridized carbons (Fsp3) is 0.417. The molecule has 1 atom stereocenters. The van der Waals surface area contributed by atoms with Crippen LogP contribution in [0.5, 0.6) is 0 Å². The van der Waals surface area contributed by atoms with Crippen LogP contribution in [0.2, 0.25) is 0 Å². The second kappa shape index (κ2) is 6.12. The Kier molecular flexibility index (Phi) is 4.79. The van der Waals surface area contributed by atoms with Gasteiger partial charge < -0.3 is 15.7 Å². The third kappa shape index (κ3) is 4.31. The first-order chi connectivity index (χ1) is 7.61. The van der Waals surface area contributed by atoms with Crippen molar-refractivity contribution in [2.45, 2.75) is 26.3 Å². The monoisotopic (exact) mass is 222 g/mol. The molecule has 0 aliphatic rings. The third-order valence-electron chi connectivity index (χ3n) is 2.22. The van der Waals surface area contributed by atoms with E-state index in [0.717, 1.165) is 11.3 Å². The van der Waals surface area contributed by atoms with Crippen molar-refractivity contribution < 1.29 is 9.90 Å². The Morgan fingerprint density at radius 3 is 2.88 bits per heavy atom. The maximum absolute atomic E-state index is 11.5. The minimum absolute atomic E-state index is 0.0326. The molecule has 4 nitrogen and oxygen atoms in total. The van der Waals surface area contributed by atoms with Gasteiger partial charge in [0.2, 0.25) is 0 Å². The smallest absolute Gasteiger partial charge is 0.319 e. The molecule has 0 saturated carbocycles. The van der Waals surface area contributed by atoms with Crippen molar-refractivity contribution in [3.05, 3.63) is 29.8 Å². The largest absolute Gasteiger partial charge is 0.396 e. The Morgan fingerprint density at radius 1 is 1.50 bits per heavy atom. The van der Waals surface area contributed by atoms with Gasteiger partial charge in [0, 0.05) is 18.3 Å². The maximum Gasteiger partial charge on any atom is 0.319 e. The predicted molar refractivity (Wildman–Crippen MR) is 64.5 cm³/mol. The van der Waals surface area contributed by atoms with Crippen molar-refractivity contribution in [1.82, 2.24) is 5.32 Å². The number of hydrogen-bond donors (Lipinski definition) is 3. The lowest BCUT2D eigenvalue weighted by atomic mass is 10.2. The number of aryl methyl sites for hydroxylation is 1. The number of nitrogens with one attached hydrogen (secondary N) is 2. The number of benzene rings is 1. The molecule has 1 aromatic carbocycles. The summed E-state index contributed by atoms with van der Waals surface area (Å²) in [7, 11) is 0. The molecule has 0 heterocycles. The fourth-order valence-corrected chi connectivity index (χ4v) is 1.38. The second-order valence-electron chi connectivity index (χ2n) is 3.88. The van der Waals surface area contributed by atoms with Crippen molar-refractivity contribution in [3.8, 4) is 0 Å². The van der Waals surface area contributed by atoms with Gasteiger partial charge in [0.1, 0.15) is 0 Å². The van der Waals surface area contributed by atoms with Crippen molar-refractivity contribution in [2.75, 3.05) is 11.9 Å². The summed E-state index contributed by atoms with van der Waals surface area (Å²) in [5.41, 5.74) is 1.87. The van der Waals surface area contributed by atoms with Crippen molar-refractivity contribution >= 4 is 11.7 Å². The molecule has 1 aromatic rings. The van der Waals surface area contributed by atoms with E-state index in [0.29, 0.717) is 6.42 Å². The molecule has 0 saturated heterocycles. The zero-order valence-electron chi connectivity index (χ0n) is 9.66. The number of carbonyl (C=O) groups excluding carboxylic acids is 1. The number of hydrogen-bond acceptors (Lipinski definition) is 2. The van der Waals surface area contributed by atoms with Crippen LogP contribution >= 0.6 is 0 Å². The summed E-state index contributed by atoms with van der Waals surface area (Å²) in [4.78, 5) is 11.5. The van der Waals surface area contributed by atoms with Gasteiger partial charge in [-0.2, -0.15) is 0 Å². The van der Waals surface area contributed by atoms with Crippen molar-refractivity contribution in [3.63, 3.8) is 0 Å². The van der Waals surface area contributed by atoms with Gasteiger partial charge in [-0.15, -0.1) is 0 Å². The zero-order chi connectivity index (χ0) is 12.0. The lowest BCUT2D eigenvalue weighted by molar-refractivity contribution is 0.241. The average Bonchev–Trinajstić information content (AvgIpc) is 2.17. The Bertz CT molecular complexity index is 353. The molecule has 0 aromatic heterocycles. The number of aliphatic hydroxyl groups is 1. The van der Waals surface area contributed by atoms with E-state index in [2.05, 4.69) is 10.6 Å². The second-order valence-corrected chi connectivity index (χ2v) is 3.88.